The van der Waals surface area contributed by atoms with Crippen LogP contribution in [0.3, 0.4) is 0 Å². The molecule has 3 heteroatoms. The van der Waals surface area contributed by atoms with E-state index in [0.29, 0.717) is 0 Å². The van der Waals surface area contributed by atoms with E-state index in [4.69, 9.17) is 4.42 Å². The van der Waals surface area contributed by atoms with Crippen molar-refractivity contribution in [3.8, 4) is 39.3 Å². The van der Waals surface area contributed by atoms with E-state index in [9.17, 15) is 0 Å². The van der Waals surface area contributed by atoms with E-state index < -0.39 is 0 Å². The van der Waals surface area contributed by atoms with Gasteiger partial charge in [-0.05, 0) is 107 Å². The van der Waals surface area contributed by atoms with Crippen LogP contribution in [0.4, 0.5) is 17.1 Å². The monoisotopic (exact) mass is 718 g/mol. The zero-order valence-corrected chi connectivity index (χ0v) is 31.3. The van der Waals surface area contributed by atoms with Crippen molar-refractivity contribution in [2.75, 3.05) is 4.90 Å². The Kier molecular flexibility index (Phi) is 7.20. The number of anilines is 3. The number of benzene rings is 8. The Hall–Kier alpha value is -7.10. The van der Waals surface area contributed by atoms with E-state index in [0.717, 1.165) is 28.4 Å². The second-order valence-corrected chi connectivity index (χ2v) is 15.4. The molecule has 0 spiro atoms. The van der Waals surface area contributed by atoms with Gasteiger partial charge in [0.05, 0.1) is 11.0 Å². The molecule has 1 aliphatic carbocycles. The highest BCUT2D eigenvalue weighted by Crippen LogP contribution is 2.54. The lowest BCUT2D eigenvalue weighted by molar-refractivity contribution is 0.619. The molecule has 3 nitrogen and oxygen atoms in total. The van der Waals surface area contributed by atoms with Crippen LogP contribution >= 0.6 is 0 Å². The zero-order chi connectivity index (χ0) is 37.4. The summed E-state index contributed by atoms with van der Waals surface area (Å²) < 4.78 is 8.88. The van der Waals surface area contributed by atoms with Crippen molar-refractivity contribution in [2.45, 2.75) is 19.3 Å². The molecule has 0 aliphatic heterocycles. The molecule has 8 aromatic carbocycles. The van der Waals surface area contributed by atoms with E-state index in [2.05, 4.69) is 211 Å². The summed E-state index contributed by atoms with van der Waals surface area (Å²) >= 11 is 0. The number of rotatable bonds is 6. The Morgan fingerprint density at radius 1 is 0.446 bits per heavy atom. The Bertz CT molecular complexity index is 3080. The number of nitrogens with zero attached hydrogens (tertiary/aromatic N) is 2. The molecular weight excluding hydrogens is 681 g/mol. The highest BCUT2D eigenvalue weighted by Gasteiger charge is 2.40. The van der Waals surface area contributed by atoms with Gasteiger partial charge in [0, 0.05) is 55.5 Å². The van der Waals surface area contributed by atoms with Gasteiger partial charge in [0.2, 0.25) is 0 Å². The molecule has 0 N–H and O–H groups in total. The predicted octanol–water partition coefficient (Wildman–Crippen LogP) is 14.6. The largest absolute Gasteiger partial charge is 0.456 e. The molecule has 2 aromatic heterocycles. The van der Waals surface area contributed by atoms with Crippen molar-refractivity contribution < 1.29 is 4.42 Å². The number of hydrogen-bond acceptors (Lipinski definition) is 2. The maximum atomic E-state index is 6.51. The molecule has 266 valence electrons. The molecule has 0 fully saturated rings. The van der Waals surface area contributed by atoms with Crippen molar-refractivity contribution >= 4 is 49.8 Å². The van der Waals surface area contributed by atoms with Crippen LogP contribution in [0, 0.1) is 0 Å². The van der Waals surface area contributed by atoms with Crippen molar-refractivity contribution in [3.05, 3.63) is 205 Å². The van der Waals surface area contributed by atoms with Gasteiger partial charge < -0.3 is 13.9 Å². The zero-order valence-electron chi connectivity index (χ0n) is 31.3. The minimum absolute atomic E-state index is 0.220. The predicted molar refractivity (Wildman–Crippen MR) is 234 cm³/mol. The average molecular weight is 719 g/mol. The summed E-state index contributed by atoms with van der Waals surface area (Å²) in [5.41, 5.74) is 16.1. The van der Waals surface area contributed by atoms with E-state index in [1.165, 1.54) is 71.8 Å². The topological polar surface area (TPSA) is 21.3 Å². The fourth-order valence-electron chi connectivity index (χ4n) is 9.07. The lowest BCUT2D eigenvalue weighted by atomic mass is 9.81. The first-order valence-corrected chi connectivity index (χ1v) is 19.3. The van der Waals surface area contributed by atoms with Crippen LogP contribution in [-0.2, 0) is 5.41 Å². The molecule has 0 bridgehead atoms. The molecule has 10 aromatic rings. The highest BCUT2D eigenvalue weighted by molar-refractivity contribution is 6.10. The van der Waals surface area contributed by atoms with Gasteiger partial charge in [0.1, 0.15) is 11.3 Å². The van der Waals surface area contributed by atoms with E-state index in [1.807, 2.05) is 6.07 Å². The lowest BCUT2D eigenvalue weighted by Gasteiger charge is -2.28. The normalized spacial score (nSPS) is 13.0. The second-order valence-electron chi connectivity index (χ2n) is 15.4. The summed E-state index contributed by atoms with van der Waals surface area (Å²) in [5, 5.41) is 3.69. The smallest absolute Gasteiger partial charge is 0.139 e. The van der Waals surface area contributed by atoms with Crippen LogP contribution in [0.1, 0.15) is 25.0 Å². The first-order valence-electron chi connectivity index (χ1n) is 19.3. The third kappa shape index (κ3) is 4.98. The summed E-state index contributed by atoms with van der Waals surface area (Å²) in [6.45, 7) is 4.65. The minimum Gasteiger partial charge on any atom is -0.456 e. The summed E-state index contributed by atoms with van der Waals surface area (Å²) in [6.07, 6.45) is 0. The summed E-state index contributed by atoms with van der Waals surface area (Å²) in [6, 6.07) is 70.0. The molecule has 0 atom stereocenters. The van der Waals surface area contributed by atoms with Crippen LogP contribution in [0.2, 0.25) is 0 Å². The van der Waals surface area contributed by atoms with Crippen LogP contribution in [0.25, 0.3) is 72.0 Å². The Morgan fingerprint density at radius 3 is 1.73 bits per heavy atom. The van der Waals surface area contributed by atoms with Crippen LogP contribution in [0.5, 0.6) is 0 Å². The maximum Gasteiger partial charge on any atom is 0.139 e. The second kappa shape index (κ2) is 12.5. The standard InChI is InChI=1S/C53H38N2O/c1-53(2)47-34-42(30-31-44(47)52-51(53)45-18-10-12-20-50(45)56-52)54(40-26-21-36(22-27-40)35-13-5-3-6-14-35)41-28-23-37(24-29-41)38-25-32-49-46(33-38)43-17-9-11-19-48(43)55(49)39-15-7-4-8-16-39/h3-34H,1-2H3. The SMILES string of the molecule is CC1(C)c2cc(N(c3ccc(-c4ccccc4)cc3)c3ccc(-c4ccc5c(c4)c4ccccc4n5-c4ccccc4)cc3)ccc2-c2oc3ccccc3c21. The summed E-state index contributed by atoms with van der Waals surface area (Å²) in [7, 11) is 0. The Labute approximate surface area is 326 Å². The summed E-state index contributed by atoms with van der Waals surface area (Å²) in [5.74, 6) is 0.990. The van der Waals surface area contributed by atoms with Gasteiger partial charge in [-0.25, -0.2) is 0 Å². The number of aromatic nitrogens is 1. The molecule has 56 heavy (non-hydrogen) atoms. The molecule has 0 saturated heterocycles. The lowest BCUT2D eigenvalue weighted by Crippen LogP contribution is -2.16. The third-order valence-corrected chi connectivity index (χ3v) is 11.8. The van der Waals surface area contributed by atoms with E-state index in [-0.39, 0.29) is 5.41 Å². The molecule has 0 amide bonds. The Morgan fingerprint density at radius 2 is 1.00 bits per heavy atom. The number of furan rings is 1. The fraction of sp³-hybridized carbons (Fsp3) is 0.0566. The van der Waals surface area contributed by atoms with Crippen LogP contribution < -0.4 is 4.90 Å². The van der Waals surface area contributed by atoms with Gasteiger partial charge in [-0.1, -0.05) is 129 Å². The van der Waals surface area contributed by atoms with Crippen LogP contribution in [-0.4, -0.2) is 4.57 Å². The molecule has 0 radical (unpaired) electrons. The third-order valence-electron chi connectivity index (χ3n) is 11.8. The van der Waals surface area contributed by atoms with Crippen LogP contribution in [0.15, 0.2) is 199 Å². The van der Waals surface area contributed by atoms with Gasteiger partial charge in [-0.2, -0.15) is 0 Å². The molecule has 0 saturated carbocycles. The van der Waals surface area contributed by atoms with E-state index >= 15 is 0 Å². The average Bonchev–Trinajstić information content (AvgIpc) is 3.88. The van der Waals surface area contributed by atoms with E-state index in [1.54, 1.807) is 0 Å². The molecule has 0 unspecified atom stereocenters. The molecular formula is C53H38N2O. The first-order chi connectivity index (χ1) is 27.5. The quantitative estimate of drug-likeness (QED) is 0.171. The van der Waals surface area contributed by atoms with Crippen molar-refractivity contribution in [3.63, 3.8) is 0 Å². The fourth-order valence-corrected chi connectivity index (χ4v) is 9.07. The first kappa shape index (κ1) is 32.3. The molecule has 11 rings (SSSR count). The molecule has 2 heterocycles. The highest BCUT2D eigenvalue weighted by atomic mass is 16.3. The van der Waals surface area contributed by atoms with Crippen molar-refractivity contribution in [1.29, 1.82) is 0 Å². The van der Waals surface area contributed by atoms with Crippen molar-refractivity contribution in [1.82, 2.24) is 4.57 Å². The molecule has 1 aliphatic rings. The number of hydrogen-bond donors (Lipinski definition) is 0. The van der Waals surface area contributed by atoms with Gasteiger partial charge >= 0.3 is 0 Å². The minimum atomic E-state index is -0.220. The number of fused-ring (bicyclic) bond motifs is 8. The van der Waals surface area contributed by atoms with Gasteiger partial charge in [0.25, 0.3) is 0 Å². The number of para-hydroxylation sites is 3. The summed E-state index contributed by atoms with van der Waals surface area (Å²) in [4.78, 5) is 2.38. The van der Waals surface area contributed by atoms with Gasteiger partial charge in [-0.3, -0.25) is 0 Å². The maximum absolute atomic E-state index is 6.51. The van der Waals surface area contributed by atoms with Gasteiger partial charge in [-0.15, -0.1) is 0 Å². The Balaban J connectivity index is 1.01. The van der Waals surface area contributed by atoms with Crippen molar-refractivity contribution in [2.24, 2.45) is 0 Å². The van der Waals surface area contributed by atoms with Gasteiger partial charge in [0.15, 0.2) is 0 Å².